The first-order valence-electron chi connectivity index (χ1n) is 7.71. The molecule has 0 radical (unpaired) electrons. The van der Waals surface area contributed by atoms with Gasteiger partial charge in [-0.3, -0.25) is 9.59 Å². The summed E-state index contributed by atoms with van der Waals surface area (Å²) in [6.45, 7) is 2.52. The average Bonchev–Trinajstić information content (AvgIpc) is 2.53. The Hall–Kier alpha value is -1.93. The second kappa shape index (κ2) is 10.0. The molecule has 0 saturated heterocycles. The number of unbranched alkanes of at least 4 members (excludes halogenated alkanes) is 1. The van der Waals surface area contributed by atoms with Gasteiger partial charge in [0.1, 0.15) is 0 Å². The highest BCUT2D eigenvalue weighted by Gasteiger charge is 2.16. The molecular weight excluding hydrogens is 332 g/mol. The number of benzene rings is 1. The van der Waals surface area contributed by atoms with Crippen molar-refractivity contribution >= 4 is 27.3 Å². The van der Waals surface area contributed by atoms with E-state index in [1.807, 2.05) is 0 Å². The molecule has 0 aliphatic carbocycles. The van der Waals surface area contributed by atoms with Crippen molar-refractivity contribution in [3.05, 3.63) is 24.3 Å². The smallest absolute Gasteiger partial charge is 0.221 e. The van der Waals surface area contributed by atoms with Gasteiger partial charge in [-0.05, 0) is 37.1 Å². The first-order valence-corrected chi connectivity index (χ1v) is 9.36. The number of methoxy groups -OCH3 is 1. The van der Waals surface area contributed by atoms with Gasteiger partial charge in [0.2, 0.25) is 11.8 Å². The number of carbonyl (C=O) groups excluding carboxylic acids is 2. The second-order valence-electron chi connectivity index (χ2n) is 5.32. The molecule has 0 aliphatic rings. The third kappa shape index (κ3) is 7.56. The first kappa shape index (κ1) is 20.1. The molecule has 8 heteroatoms. The maximum atomic E-state index is 12.2. The van der Waals surface area contributed by atoms with Gasteiger partial charge in [0.05, 0.1) is 10.6 Å². The van der Waals surface area contributed by atoms with E-state index < -0.39 is 9.84 Å². The van der Waals surface area contributed by atoms with Crippen LogP contribution in [0.5, 0.6) is 0 Å². The number of nitrogens with one attached hydrogen (secondary N) is 2. The van der Waals surface area contributed by atoms with Crippen LogP contribution in [0.4, 0.5) is 5.69 Å². The van der Waals surface area contributed by atoms with E-state index >= 15 is 0 Å². The quantitative estimate of drug-likeness (QED) is 0.616. The van der Waals surface area contributed by atoms with Crippen LogP contribution in [0.25, 0.3) is 0 Å². The number of ether oxygens (including phenoxy) is 1. The number of amides is 2. The highest BCUT2D eigenvalue weighted by atomic mass is 32.2. The predicted molar refractivity (Wildman–Crippen MR) is 91.5 cm³/mol. The molecule has 0 fully saturated rings. The summed E-state index contributed by atoms with van der Waals surface area (Å²) < 4.78 is 29.3. The molecule has 0 aliphatic heterocycles. The molecular formula is C16H24N2O5S. The van der Waals surface area contributed by atoms with Gasteiger partial charge in [-0.2, -0.15) is 0 Å². The van der Waals surface area contributed by atoms with E-state index in [4.69, 9.17) is 4.74 Å². The summed E-state index contributed by atoms with van der Waals surface area (Å²) in [4.78, 5) is 22.7. The van der Waals surface area contributed by atoms with Crippen molar-refractivity contribution in [1.82, 2.24) is 5.32 Å². The summed E-state index contributed by atoms with van der Waals surface area (Å²) in [6.07, 6.45) is 1.55. The molecule has 0 unspecified atom stereocenters. The Kier molecular flexibility index (Phi) is 8.42. The van der Waals surface area contributed by atoms with E-state index in [0.717, 1.165) is 12.8 Å². The summed E-state index contributed by atoms with van der Waals surface area (Å²) in [5.74, 6) is -0.769. The molecule has 134 valence electrons. The van der Waals surface area contributed by atoms with E-state index in [1.54, 1.807) is 7.11 Å². The summed E-state index contributed by atoms with van der Waals surface area (Å²) >= 11 is 0. The highest BCUT2D eigenvalue weighted by molar-refractivity contribution is 7.91. The molecule has 24 heavy (non-hydrogen) atoms. The summed E-state index contributed by atoms with van der Waals surface area (Å²) in [6, 6.07) is 5.88. The van der Waals surface area contributed by atoms with Gasteiger partial charge >= 0.3 is 0 Å². The van der Waals surface area contributed by atoms with Gasteiger partial charge in [-0.25, -0.2) is 8.42 Å². The van der Waals surface area contributed by atoms with E-state index in [-0.39, 0.29) is 28.9 Å². The molecule has 1 rings (SSSR count). The lowest BCUT2D eigenvalue weighted by molar-refractivity contribution is -0.120. The number of rotatable bonds is 10. The molecule has 2 N–H and O–H groups in total. The minimum atomic E-state index is -3.53. The SMILES string of the molecule is COCCCCNC(=O)CCS(=O)(=O)c1ccc(NC(C)=O)cc1. The van der Waals surface area contributed by atoms with Gasteiger partial charge in [-0.1, -0.05) is 0 Å². The molecule has 1 aromatic carbocycles. The molecule has 0 aromatic heterocycles. The van der Waals surface area contributed by atoms with Crippen molar-refractivity contribution in [3.8, 4) is 0 Å². The third-order valence-corrected chi connectivity index (χ3v) is 4.96. The van der Waals surface area contributed by atoms with E-state index in [9.17, 15) is 18.0 Å². The van der Waals surface area contributed by atoms with Gasteiger partial charge in [0, 0.05) is 39.3 Å². The lowest BCUT2D eigenvalue weighted by Crippen LogP contribution is -2.26. The van der Waals surface area contributed by atoms with E-state index in [1.165, 1.54) is 31.2 Å². The van der Waals surface area contributed by atoms with Crippen LogP contribution < -0.4 is 10.6 Å². The van der Waals surface area contributed by atoms with Crippen molar-refractivity contribution in [1.29, 1.82) is 0 Å². The molecule has 0 atom stereocenters. The van der Waals surface area contributed by atoms with Crippen LogP contribution in [0.2, 0.25) is 0 Å². The predicted octanol–water partition coefficient (Wildman–Crippen LogP) is 1.35. The van der Waals surface area contributed by atoms with Crippen molar-refractivity contribution in [2.24, 2.45) is 0 Å². The summed E-state index contributed by atoms with van der Waals surface area (Å²) in [7, 11) is -1.92. The molecule has 1 aromatic rings. The van der Waals surface area contributed by atoms with Crippen LogP contribution in [-0.2, 0) is 24.2 Å². The zero-order chi connectivity index (χ0) is 18.0. The molecule has 0 spiro atoms. The lowest BCUT2D eigenvalue weighted by atomic mass is 10.3. The fraction of sp³-hybridized carbons (Fsp3) is 0.500. The van der Waals surface area contributed by atoms with Gasteiger partial charge in [0.15, 0.2) is 9.84 Å². The number of hydrogen-bond donors (Lipinski definition) is 2. The normalized spacial score (nSPS) is 11.1. The van der Waals surface area contributed by atoms with Crippen molar-refractivity contribution in [2.75, 3.05) is 31.3 Å². The van der Waals surface area contributed by atoms with E-state index in [2.05, 4.69) is 10.6 Å². The largest absolute Gasteiger partial charge is 0.385 e. The van der Waals surface area contributed by atoms with Gasteiger partial charge in [0.25, 0.3) is 0 Å². The number of carbonyl (C=O) groups is 2. The van der Waals surface area contributed by atoms with Crippen molar-refractivity contribution in [2.45, 2.75) is 31.1 Å². The Morgan fingerprint density at radius 2 is 1.79 bits per heavy atom. The Bertz CT molecular complexity index is 641. The van der Waals surface area contributed by atoms with Crippen LogP contribution in [0.3, 0.4) is 0 Å². The molecule has 0 heterocycles. The Morgan fingerprint density at radius 1 is 1.12 bits per heavy atom. The van der Waals surface area contributed by atoms with Gasteiger partial charge in [-0.15, -0.1) is 0 Å². The average molecular weight is 356 g/mol. The topological polar surface area (TPSA) is 102 Å². The standard InChI is InChI=1S/C16H24N2O5S/c1-13(19)18-14-5-7-15(8-6-14)24(21,22)12-9-16(20)17-10-3-4-11-23-2/h5-8H,3-4,9-12H2,1-2H3,(H,17,20)(H,18,19). The van der Waals surface area contributed by atoms with Crippen LogP contribution in [0, 0.1) is 0 Å². The zero-order valence-electron chi connectivity index (χ0n) is 14.0. The monoisotopic (exact) mass is 356 g/mol. The third-order valence-electron chi connectivity index (χ3n) is 3.23. The Morgan fingerprint density at radius 3 is 2.38 bits per heavy atom. The van der Waals surface area contributed by atoms with E-state index in [0.29, 0.717) is 18.8 Å². The molecule has 0 saturated carbocycles. The fourth-order valence-corrected chi connectivity index (χ4v) is 3.22. The lowest BCUT2D eigenvalue weighted by Gasteiger charge is -2.07. The number of anilines is 1. The number of hydrogen-bond acceptors (Lipinski definition) is 5. The van der Waals surface area contributed by atoms with Crippen molar-refractivity contribution < 1.29 is 22.7 Å². The minimum absolute atomic E-state index is 0.0833. The minimum Gasteiger partial charge on any atom is -0.385 e. The number of sulfone groups is 1. The molecule has 7 nitrogen and oxygen atoms in total. The zero-order valence-corrected chi connectivity index (χ0v) is 14.8. The highest BCUT2D eigenvalue weighted by Crippen LogP contribution is 2.16. The first-order chi connectivity index (χ1) is 11.3. The van der Waals surface area contributed by atoms with Gasteiger partial charge < -0.3 is 15.4 Å². The van der Waals surface area contributed by atoms with Crippen LogP contribution >= 0.6 is 0 Å². The summed E-state index contributed by atoms with van der Waals surface area (Å²) in [5, 5.41) is 5.25. The maximum absolute atomic E-state index is 12.2. The molecule has 2 amide bonds. The second-order valence-corrected chi connectivity index (χ2v) is 7.43. The van der Waals surface area contributed by atoms with Crippen LogP contribution in [-0.4, -0.2) is 46.2 Å². The maximum Gasteiger partial charge on any atom is 0.221 e. The van der Waals surface area contributed by atoms with Crippen molar-refractivity contribution in [3.63, 3.8) is 0 Å². The Labute approximate surface area is 142 Å². The fourth-order valence-electron chi connectivity index (χ4n) is 1.98. The Balaban J connectivity index is 2.45. The summed E-state index contributed by atoms with van der Waals surface area (Å²) in [5.41, 5.74) is 0.523. The van der Waals surface area contributed by atoms with Crippen LogP contribution in [0.15, 0.2) is 29.2 Å². The molecule has 0 bridgehead atoms. The van der Waals surface area contributed by atoms with Crippen LogP contribution in [0.1, 0.15) is 26.2 Å².